The molecule has 1 saturated heterocycles. The minimum atomic E-state index is -0.484. The molecule has 0 aromatic rings. The maximum Gasteiger partial charge on any atom is 0.101 e. The van der Waals surface area contributed by atoms with E-state index in [1.54, 1.807) is 0 Å². The molecule has 0 amide bonds. The molecule has 1 aliphatic heterocycles. The molecule has 0 aromatic heterocycles. The molecular formula is C7H12FN. The summed E-state index contributed by atoms with van der Waals surface area (Å²) in [5.41, 5.74) is 0. The molecular weight excluding hydrogens is 117 g/mol. The molecule has 1 unspecified atom stereocenters. The van der Waals surface area contributed by atoms with E-state index >= 15 is 0 Å². The van der Waals surface area contributed by atoms with Crippen molar-refractivity contribution >= 4 is 0 Å². The fourth-order valence-electron chi connectivity index (χ4n) is 2.09. The topological polar surface area (TPSA) is 12.0 Å². The van der Waals surface area contributed by atoms with Gasteiger partial charge in [-0.3, -0.25) is 0 Å². The lowest BCUT2D eigenvalue weighted by Gasteiger charge is -2.02. The summed E-state index contributed by atoms with van der Waals surface area (Å²) in [6.45, 7) is 2.12. The fraction of sp³-hybridized carbons (Fsp3) is 1.00. The normalized spacial score (nSPS) is 49.7. The van der Waals surface area contributed by atoms with Gasteiger partial charge in [0, 0.05) is 0 Å². The van der Waals surface area contributed by atoms with Crippen molar-refractivity contribution in [3.8, 4) is 0 Å². The van der Waals surface area contributed by atoms with Crippen molar-refractivity contribution in [1.29, 1.82) is 0 Å². The highest BCUT2D eigenvalue weighted by molar-refractivity contribution is 4.90. The van der Waals surface area contributed by atoms with Gasteiger partial charge in [0.1, 0.15) is 6.17 Å². The van der Waals surface area contributed by atoms with Gasteiger partial charge in [0.25, 0.3) is 0 Å². The van der Waals surface area contributed by atoms with Gasteiger partial charge < -0.3 is 5.32 Å². The average Bonchev–Trinajstić information content (AvgIpc) is 2.22. The molecule has 0 spiro atoms. The summed E-state index contributed by atoms with van der Waals surface area (Å²) in [7, 11) is 0. The van der Waals surface area contributed by atoms with Crippen molar-refractivity contribution in [3.05, 3.63) is 0 Å². The molecule has 1 nitrogen and oxygen atoms in total. The Morgan fingerprint density at radius 1 is 1.11 bits per heavy atom. The van der Waals surface area contributed by atoms with Crippen LogP contribution in [0.15, 0.2) is 0 Å². The first-order chi connectivity index (χ1) is 4.36. The Morgan fingerprint density at radius 2 is 1.67 bits per heavy atom. The monoisotopic (exact) mass is 129 g/mol. The molecule has 2 fully saturated rings. The summed E-state index contributed by atoms with van der Waals surface area (Å²) in [6, 6.07) is 0. The molecule has 0 bridgehead atoms. The zero-order valence-electron chi connectivity index (χ0n) is 5.44. The van der Waals surface area contributed by atoms with Crippen molar-refractivity contribution in [2.75, 3.05) is 13.1 Å². The molecule has 52 valence electrons. The highest BCUT2D eigenvalue weighted by Crippen LogP contribution is 2.35. The van der Waals surface area contributed by atoms with Crippen LogP contribution in [-0.4, -0.2) is 19.3 Å². The van der Waals surface area contributed by atoms with Gasteiger partial charge in [-0.1, -0.05) is 0 Å². The lowest BCUT2D eigenvalue weighted by atomic mass is 10.0. The van der Waals surface area contributed by atoms with E-state index in [4.69, 9.17) is 0 Å². The van der Waals surface area contributed by atoms with Crippen LogP contribution in [0.3, 0.4) is 0 Å². The minimum Gasteiger partial charge on any atom is -0.316 e. The number of rotatable bonds is 0. The summed E-state index contributed by atoms with van der Waals surface area (Å²) in [5, 5.41) is 3.28. The Kier molecular flexibility index (Phi) is 1.22. The Bertz CT molecular complexity index is 103. The molecule has 1 heterocycles. The second-order valence-corrected chi connectivity index (χ2v) is 3.25. The highest BCUT2D eigenvalue weighted by atomic mass is 19.1. The third kappa shape index (κ3) is 0.855. The van der Waals surface area contributed by atoms with E-state index in [1.165, 1.54) is 0 Å². The molecule has 3 atom stereocenters. The minimum absolute atomic E-state index is 0.484. The molecule has 2 aliphatic rings. The van der Waals surface area contributed by atoms with E-state index < -0.39 is 6.17 Å². The lowest BCUT2D eigenvalue weighted by Crippen LogP contribution is -2.11. The molecule has 0 aromatic carbocycles. The van der Waals surface area contributed by atoms with Crippen LogP contribution in [0.25, 0.3) is 0 Å². The van der Waals surface area contributed by atoms with Crippen molar-refractivity contribution in [2.24, 2.45) is 11.8 Å². The second-order valence-electron chi connectivity index (χ2n) is 3.25. The van der Waals surface area contributed by atoms with E-state index in [1.807, 2.05) is 0 Å². The zero-order chi connectivity index (χ0) is 6.27. The van der Waals surface area contributed by atoms with Gasteiger partial charge in [-0.15, -0.1) is 0 Å². The molecule has 2 heteroatoms. The summed E-state index contributed by atoms with van der Waals surface area (Å²) in [5.74, 6) is 1.33. The quantitative estimate of drug-likeness (QED) is 0.513. The Balaban J connectivity index is 2.02. The maximum absolute atomic E-state index is 12.6. The van der Waals surface area contributed by atoms with E-state index in [-0.39, 0.29) is 0 Å². The predicted molar refractivity (Wildman–Crippen MR) is 34.0 cm³/mol. The molecule has 1 N–H and O–H groups in total. The van der Waals surface area contributed by atoms with E-state index in [2.05, 4.69) is 5.32 Å². The summed E-state index contributed by atoms with van der Waals surface area (Å²) < 4.78 is 12.6. The molecule has 1 saturated carbocycles. The number of hydrogen-bond acceptors (Lipinski definition) is 1. The number of halogens is 1. The van der Waals surface area contributed by atoms with Crippen LogP contribution in [0.4, 0.5) is 4.39 Å². The van der Waals surface area contributed by atoms with Gasteiger partial charge >= 0.3 is 0 Å². The average molecular weight is 129 g/mol. The van der Waals surface area contributed by atoms with Gasteiger partial charge in [-0.2, -0.15) is 0 Å². The number of alkyl halides is 1. The number of hydrogen-bond donors (Lipinski definition) is 1. The molecule has 1 aliphatic carbocycles. The first kappa shape index (κ1) is 5.66. The predicted octanol–water partition coefficient (Wildman–Crippen LogP) is 0.954. The SMILES string of the molecule is FC1C[C@H]2CNC[C@H]2C1. The Morgan fingerprint density at radius 3 is 2.22 bits per heavy atom. The summed E-state index contributed by atoms with van der Waals surface area (Å²) in [4.78, 5) is 0. The molecule has 9 heavy (non-hydrogen) atoms. The summed E-state index contributed by atoms with van der Waals surface area (Å²) in [6.07, 6.45) is 1.15. The van der Waals surface area contributed by atoms with Crippen LogP contribution in [0.5, 0.6) is 0 Å². The van der Waals surface area contributed by atoms with Crippen LogP contribution in [0.2, 0.25) is 0 Å². The van der Waals surface area contributed by atoms with E-state index in [0.29, 0.717) is 11.8 Å². The van der Waals surface area contributed by atoms with Crippen LogP contribution < -0.4 is 5.32 Å². The number of nitrogens with one attached hydrogen (secondary N) is 1. The summed E-state index contributed by atoms with van der Waals surface area (Å²) >= 11 is 0. The third-order valence-corrected chi connectivity index (χ3v) is 2.60. The number of fused-ring (bicyclic) bond motifs is 1. The third-order valence-electron chi connectivity index (χ3n) is 2.60. The Hall–Kier alpha value is -0.110. The molecule has 0 radical (unpaired) electrons. The van der Waals surface area contributed by atoms with Crippen molar-refractivity contribution < 1.29 is 4.39 Å². The van der Waals surface area contributed by atoms with Gasteiger partial charge in [0.2, 0.25) is 0 Å². The zero-order valence-corrected chi connectivity index (χ0v) is 5.44. The standard InChI is InChI=1S/C7H12FN/c8-7-1-5-3-9-4-6(5)2-7/h5-7,9H,1-4H2/t5-,6+,7?. The van der Waals surface area contributed by atoms with Crippen molar-refractivity contribution in [1.82, 2.24) is 5.32 Å². The fourth-order valence-corrected chi connectivity index (χ4v) is 2.09. The molecule has 2 rings (SSSR count). The van der Waals surface area contributed by atoms with Crippen LogP contribution in [-0.2, 0) is 0 Å². The second kappa shape index (κ2) is 1.94. The van der Waals surface area contributed by atoms with Gasteiger partial charge in [0.15, 0.2) is 0 Å². The Labute approximate surface area is 54.6 Å². The lowest BCUT2D eigenvalue weighted by molar-refractivity contribution is 0.323. The van der Waals surface area contributed by atoms with Crippen LogP contribution >= 0.6 is 0 Å². The van der Waals surface area contributed by atoms with Crippen molar-refractivity contribution in [3.63, 3.8) is 0 Å². The maximum atomic E-state index is 12.6. The van der Waals surface area contributed by atoms with Crippen molar-refractivity contribution in [2.45, 2.75) is 19.0 Å². The largest absolute Gasteiger partial charge is 0.316 e. The van der Waals surface area contributed by atoms with Gasteiger partial charge in [-0.25, -0.2) is 4.39 Å². The highest BCUT2D eigenvalue weighted by Gasteiger charge is 2.36. The first-order valence-electron chi connectivity index (χ1n) is 3.71. The van der Waals surface area contributed by atoms with Crippen LogP contribution in [0, 0.1) is 11.8 Å². The smallest absolute Gasteiger partial charge is 0.101 e. The van der Waals surface area contributed by atoms with Gasteiger partial charge in [0.05, 0.1) is 0 Å². The van der Waals surface area contributed by atoms with Gasteiger partial charge in [-0.05, 0) is 37.8 Å². The van der Waals surface area contributed by atoms with Crippen LogP contribution in [0.1, 0.15) is 12.8 Å². The first-order valence-corrected chi connectivity index (χ1v) is 3.71. The van der Waals surface area contributed by atoms with E-state index in [9.17, 15) is 4.39 Å². The van der Waals surface area contributed by atoms with E-state index in [0.717, 1.165) is 25.9 Å².